The molecule has 2 rings (SSSR count). The molecule has 0 radical (unpaired) electrons. The van der Waals surface area contributed by atoms with Crippen LogP contribution in [-0.2, 0) is 4.79 Å². The van der Waals surface area contributed by atoms with Gasteiger partial charge in [-0.3, -0.25) is 9.59 Å². The quantitative estimate of drug-likeness (QED) is 0.840. The van der Waals surface area contributed by atoms with E-state index in [1.165, 1.54) is 14.2 Å². The predicted molar refractivity (Wildman–Crippen MR) is 85.0 cm³/mol. The Labute approximate surface area is 135 Å². The third kappa shape index (κ3) is 4.37. The highest BCUT2D eigenvalue weighted by molar-refractivity contribution is 5.95. The molecule has 6 heteroatoms. The molecule has 0 heterocycles. The standard InChI is InChI=1S/C17H23NO5/c1-22-13-7-12(8-14(9-13)23-2)16(19)18-10-11-5-3-4-6-15(11)17(20)21/h7-9,11,15H,3-6,10H2,1-2H3,(H,18,19)(H,20,21)/t11-,15-/m0/s1. The topological polar surface area (TPSA) is 84.9 Å². The molecule has 0 aliphatic heterocycles. The summed E-state index contributed by atoms with van der Waals surface area (Å²) in [5.41, 5.74) is 0.434. The molecule has 1 aliphatic carbocycles. The summed E-state index contributed by atoms with van der Waals surface area (Å²) < 4.78 is 10.3. The Morgan fingerprint density at radius 2 is 1.74 bits per heavy atom. The molecule has 6 nitrogen and oxygen atoms in total. The number of carbonyl (C=O) groups excluding carboxylic acids is 1. The number of methoxy groups -OCH3 is 2. The second-order valence-corrected chi connectivity index (χ2v) is 5.80. The maximum atomic E-state index is 12.3. The van der Waals surface area contributed by atoms with E-state index in [0.29, 0.717) is 30.0 Å². The van der Waals surface area contributed by atoms with E-state index < -0.39 is 5.97 Å². The van der Waals surface area contributed by atoms with Crippen molar-refractivity contribution in [1.82, 2.24) is 5.32 Å². The average Bonchev–Trinajstić information content (AvgIpc) is 2.59. The normalized spacial score (nSPS) is 20.6. The van der Waals surface area contributed by atoms with E-state index in [1.54, 1.807) is 18.2 Å². The summed E-state index contributed by atoms with van der Waals surface area (Å²) in [7, 11) is 3.05. The summed E-state index contributed by atoms with van der Waals surface area (Å²) in [5, 5.41) is 12.1. The smallest absolute Gasteiger partial charge is 0.306 e. The first-order chi connectivity index (χ1) is 11.0. The van der Waals surface area contributed by atoms with Gasteiger partial charge in [-0.2, -0.15) is 0 Å². The molecular weight excluding hydrogens is 298 g/mol. The van der Waals surface area contributed by atoms with Crippen LogP contribution in [0.25, 0.3) is 0 Å². The molecule has 0 aromatic heterocycles. The van der Waals surface area contributed by atoms with E-state index in [-0.39, 0.29) is 17.7 Å². The number of nitrogens with one attached hydrogen (secondary N) is 1. The van der Waals surface area contributed by atoms with Crippen LogP contribution in [-0.4, -0.2) is 37.7 Å². The Hall–Kier alpha value is -2.24. The van der Waals surface area contributed by atoms with Crippen LogP contribution in [0.5, 0.6) is 11.5 Å². The molecule has 0 spiro atoms. The summed E-state index contributed by atoms with van der Waals surface area (Å²) in [6.45, 7) is 0.370. The zero-order chi connectivity index (χ0) is 16.8. The van der Waals surface area contributed by atoms with Gasteiger partial charge in [0.2, 0.25) is 0 Å². The van der Waals surface area contributed by atoms with Gasteiger partial charge in [0.25, 0.3) is 5.91 Å². The number of ether oxygens (including phenoxy) is 2. The highest BCUT2D eigenvalue weighted by Crippen LogP contribution is 2.30. The molecule has 1 saturated carbocycles. The Balaban J connectivity index is 2.02. The van der Waals surface area contributed by atoms with E-state index in [2.05, 4.69) is 5.32 Å². The van der Waals surface area contributed by atoms with Gasteiger partial charge in [0, 0.05) is 18.2 Å². The Bertz CT molecular complexity index is 550. The first-order valence-electron chi connectivity index (χ1n) is 7.79. The van der Waals surface area contributed by atoms with Gasteiger partial charge in [0.05, 0.1) is 20.1 Å². The molecule has 2 N–H and O–H groups in total. The van der Waals surface area contributed by atoms with Gasteiger partial charge in [-0.1, -0.05) is 12.8 Å². The van der Waals surface area contributed by atoms with Gasteiger partial charge in [0.1, 0.15) is 11.5 Å². The van der Waals surface area contributed by atoms with Gasteiger partial charge < -0.3 is 19.9 Å². The van der Waals surface area contributed by atoms with Crippen LogP contribution < -0.4 is 14.8 Å². The molecule has 1 aromatic carbocycles. The van der Waals surface area contributed by atoms with Crippen molar-refractivity contribution in [2.45, 2.75) is 25.7 Å². The number of aliphatic carboxylic acids is 1. The summed E-state index contributed by atoms with van der Waals surface area (Å²) >= 11 is 0. The van der Waals surface area contributed by atoms with Gasteiger partial charge in [-0.25, -0.2) is 0 Å². The molecule has 1 aromatic rings. The van der Waals surface area contributed by atoms with Gasteiger partial charge in [-0.05, 0) is 30.9 Å². The van der Waals surface area contributed by atoms with Gasteiger partial charge in [-0.15, -0.1) is 0 Å². The Morgan fingerprint density at radius 3 is 2.30 bits per heavy atom. The number of hydrogen-bond acceptors (Lipinski definition) is 4. The van der Waals surface area contributed by atoms with Gasteiger partial charge >= 0.3 is 5.97 Å². The average molecular weight is 321 g/mol. The van der Waals surface area contributed by atoms with E-state index in [9.17, 15) is 14.7 Å². The molecule has 126 valence electrons. The molecule has 23 heavy (non-hydrogen) atoms. The van der Waals surface area contributed by atoms with Crippen molar-refractivity contribution >= 4 is 11.9 Å². The number of carboxylic acid groups (broad SMARTS) is 1. The summed E-state index contributed by atoms with van der Waals surface area (Å²) in [6, 6.07) is 4.96. The fourth-order valence-corrected chi connectivity index (χ4v) is 3.04. The maximum absolute atomic E-state index is 12.3. The SMILES string of the molecule is COc1cc(OC)cc(C(=O)NC[C@@H]2CCCC[C@@H]2C(=O)O)c1. The lowest BCUT2D eigenvalue weighted by Gasteiger charge is -2.28. The van der Waals surface area contributed by atoms with Crippen molar-refractivity contribution < 1.29 is 24.2 Å². The van der Waals surface area contributed by atoms with Crippen molar-refractivity contribution in [3.05, 3.63) is 23.8 Å². The Morgan fingerprint density at radius 1 is 1.13 bits per heavy atom. The van der Waals surface area contributed by atoms with Crippen molar-refractivity contribution in [2.75, 3.05) is 20.8 Å². The minimum Gasteiger partial charge on any atom is -0.497 e. The van der Waals surface area contributed by atoms with Crippen molar-refractivity contribution in [1.29, 1.82) is 0 Å². The number of carbonyl (C=O) groups is 2. The zero-order valence-electron chi connectivity index (χ0n) is 13.5. The first-order valence-corrected chi connectivity index (χ1v) is 7.79. The van der Waals surface area contributed by atoms with Crippen molar-refractivity contribution in [2.24, 2.45) is 11.8 Å². The fraction of sp³-hybridized carbons (Fsp3) is 0.529. The van der Waals surface area contributed by atoms with Crippen LogP contribution in [0, 0.1) is 11.8 Å². The number of carboxylic acids is 1. The lowest BCUT2D eigenvalue weighted by Crippen LogP contribution is -2.37. The highest BCUT2D eigenvalue weighted by Gasteiger charge is 2.30. The molecular formula is C17H23NO5. The fourth-order valence-electron chi connectivity index (χ4n) is 3.04. The van der Waals surface area contributed by atoms with E-state index in [0.717, 1.165) is 19.3 Å². The summed E-state index contributed by atoms with van der Waals surface area (Å²) in [6.07, 6.45) is 3.47. The third-order valence-corrected chi connectivity index (χ3v) is 4.36. The van der Waals surface area contributed by atoms with Crippen LogP contribution in [0.15, 0.2) is 18.2 Å². The van der Waals surface area contributed by atoms with E-state index >= 15 is 0 Å². The molecule has 0 bridgehead atoms. The number of amides is 1. The van der Waals surface area contributed by atoms with Crippen LogP contribution in [0.2, 0.25) is 0 Å². The molecule has 1 fully saturated rings. The molecule has 1 aliphatic rings. The lowest BCUT2D eigenvalue weighted by atomic mass is 9.79. The van der Waals surface area contributed by atoms with Gasteiger partial charge in [0.15, 0.2) is 0 Å². The number of benzene rings is 1. The Kier molecular flexibility index (Phi) is 5.84. The number of hydrogen-bond donors (Lipinski definition) is 2. The monoisotopic (exact) mass is 321 g/mol. The highest BCUT2D eigenvalue weighted by atomic mass is 16.5. The lowest BCUT2D eigenvalue weighted by molar-refractivity contribution is -0.144. The molecule has 0 unspecified atom stereocenters. The number of rotatable bonds is 6. The van der Waals surface area contributed by atoms with Crippen LogP contribution >= 0.6 is 0 Å². The van der Waals surface area contributed by atoms with Crippen LogP contribution in [0.3, 0.4) is 0 Å². The predicted octanol–water partition coefficient (Wildman–Crippen LogP) is 2.32. The second kappa shape index (κ2) is 7.85. The van der Waals surface area contributed by atoms with Crippen molar-refractivity contribution in [3.8, 4) is 11.5 Å². The third-order valence-electron chi connectivity index (χ3n) is 4.36. The zero-order valence-corrected chi connectivity index (χ0v) is 13.5. The summed E-state index contributed by atoms with van der Waals surface area (Å²) in [4.78, 5) is 23.6. The summed E-state index contributed by atoms with van der Waals surface area (Å²) in [5.74, 6) is -0.336. The molecule has 1 amide bonds. The minimum absolute atomic E-state index is 0.0160. The van der Waals surface area contributed by atoms with Crippen molar-refractivity contribution in [3.63, 3.8) is 0 Å². The first kappa shape index (κ1) is 17.1. The van der Waals surface area contributed by atoms with Crippen LogP contribution in [0.4, 0.5) is 0 Å². The minimum atomic E-state index is -0.771. The molecule has 0 saturated heterocycles. The second-order valence-electron chi connectivity index (χ2n) is 5.80. The molecule has 2 atom stereocenters. The maximum Gasteiger partial charge on any atom is 0.306 e. The van der Waals surface area contributed by atoms with E-state index in [1.807, 2.05) is 0 Å². The van der Waals surface area contributed by atoms with E-state index in [4.69, 9.17) is 9.47 Å². The largest absolute Gasteiger partial charge is 0.497 e. The van der Waals surface area contributed by atoms with Crippen LogP contribution in [0.1, 0.15) is 36.0 Å².